The number of hydrogen-bond acceptors (Lipinski definition) is 9. The van der Waals surface area contributed by atoms with Gasteiger partial charge in [-0.05, 0) is 36.6 Å². The standard InChI is InChI=1S/C23H17N5O5/c1-32-13-7-5-12(6-8-13)20-14(10-24)22(30)28(23(31)15(20)11-25)27-17-3-2-4-18-21(17)16(26)9-19(29)33-18/h4-9,27,30H,2-3,26H2,1H3. The molecule has 2 heterocycles. The summed E-state index contributed by atoms with van der Waals surface area (Å²) in [5.74, 6) is -0.129. The van der Waals surface area contributed by atoms with E-state index in [-0.39, 0.29) is 27.8 Å². The Hall–Kier alpha value is -4.96. The third kappa shape index (κ3) is 3.56. The largest absolute Gasteiger partial charge is 0.497 e. The molecule has 0 saturated heterocycles. The fraction of sp³-hybridized carbons (Fsp3) is 0.130. The molecule has 164 valence electrons. The average Bonchev–Trinajstić information content (AvgIpc) is 2.81. The number of pyridine rings is 1. The molecule has 1 aliphatic carbocycles. The summed E-state index contributed by atoms with van der Waals surface area (Å²) in [5.41, 5.74) is 7.82. The van der Waals surface area contributed by atoms with Gasteiger partial charge < -0.3 is 20.0 Å². The lowest BCUT2D eigenvalue weighted by molar-refractivity contribution is 0.415. The van der Waals surface area contributed by atoms with Gasteiger partial charge in [-0.2, -0.15) is 15.2 Å². The fourth-order valence-electron chi connectivity index (χ4n) is 3.74. The Kier molecular flexibility index (Phi) is 5.34. The van der Waals surface area contributed by atoms with Crippen molar-refractivity contribution in [1.82, 2.24) is 4.68 Å². The van der Waals surface area contributed by atoms with E-state index in [2.05, 4.69) is 5.43 Å². The van der Waals surface area contributed by atoms with Crippen molar-refractivity contribution in [2.75, 3.05) is 18.3 Å². The van der Waals surface area contributed by atoms with Crippen LogP contribution in [0.25, 0.3) is 22.9 Å². The number of nitrogen functional groups attached to an aromatic ring is 1. The lowest BCUT2D eigenvalue weighted by Crippen LogP contribution is -2.40. The van der Waals surface area contributed by atoms with E-state index in [0.717, 1.165) is 10.7 Å². The maximum atomic E-state index is 13.2. The average molecular weight is 443 g/mol. The number of anilines is 1. The molecule has 0 fully saturated rings. The molecule has 2 aromatic heterocycles. The van der Waals surface area contributed by atoms with Crippen molar-refractivity contribution in [3.63, 3.8) is 0 Å². The molecule has 3 aromatic rings. The van der Waals surface area contributed by atoms with Crippen LogP contribution in [0.2, 0.25) is 0 Å². The third-order valence-corrected chi connectivity index (χ3v) is 5.25. The van der Waals surface area contributed by atoms with Crippen LogP contribution < -0.4 is 37.7 Å². The first kappa shape index (κ1) is 21.3. The summed E-state index contributed by atoms with van der Waals surface area (Å²) in [7, 11) is 1.49. The smallest absolute Gasteiger partial charge is 0.338 e. The van der Waals surface area contributed by atoms with Crippen molar-refractivity contribution in [3.05, 3.63) is 72.9 Å². The second kappa shape index (κ2) is 8.29. The third-order valence-electron chi connectivity index (χ3n) is 5.25. The highest BCUT2D eigenvalue weighted by molar-refractivity contribution is 5.78. The SMILES string of the molecule is COc1ccc(-c2c(C#N)c(O)n(NC3=c4c(N)cc(=O)oc4=CCC3)c(=O)c2C#N)cc1. The van der Waals surface area contributed by atoms with Gasteiger partial charge in [0, 0.05) is 17.3 Å². The Bertz CT molecular complexity index is 1600. The Morgan fingerprint density at radius 1 is 1.18 bits per heavy atom. The molecule has 0 bridgehead atoms. The van der Waals surface area contributed by atoms with Crippen LogP contribution in [-0.4, -0.2) is 16.9 Å². The zero-order valence-corrected chi connectivity index (χ0v) is 17.4. The van der Waals surface area contributed by atoms with E-state index in [1.54, 1.807) is 30.3 Å². The van der Waals surface area contributed by atoms with Crippen molar-refractivity contribution < 1.29 is 14.3 Å². The van der Waals surface area contributed by atoms with Crippen molar-refractivity contribution in [2.24, 2.45) is 0 Å². The highest BCUT2D eigenvalue weighted by Crippen LogP contribution is 2.32. The number of methoxy groups -OCH3 is 1. The molecule has 33 heavy (non-hydrogen) atoms. The summed E-state index contributed by atoms with van der Waals surface area (Å²) in [6.07, 6.45) is 2.54. The Morgan fingerprint density at radius 2 is 1.88 bits per heavy atom. The Morgan fingerprint density at radius 3 is 2.52 bits per heavy atom. The first-order chi connectivity index (χ1) is 15.9. The van der Waals surface area contributed by atoms with Gasteiger partial charge in [0.1, 0.15) is 34.4 Å². The van der Waals surface area contributed by atoms with Gasteiger partial charge in [0.05, 0.1) is 18.0 Å². The molecular weight excluding hydrogens is 426 g/mol. The molecule has 1 aromatic carbocycles. The zero-order chi connectivity index (χ0) is 23.7. The topological polar surface area (TPSA) is 167 Å². The van der Waals surface area contributed by atoms with E-state index in [1.807, 2.05) is 12.1 Å². The minimum absolute atomic E-state index is 0.0103. The number of benzene rings is 1. The summed E-state index contributed by atoms with van der Waals surface area (Å²) in [5, 5.41) is 30.7. The predicted molar refractivity (Wildman–Crippen MR) is 119 cm³/mol. The number of nitrogens with two attached hydrogens (primary N) is 1. The number of aromatic nitrogens is 1. The second-order valence-electron chi connectivity index (χ2n) is 7.13. The van der Waals surface area contributed by atoms with Crippen molar-refractivity contribution in [1.29, 1.82) is 10.5 Å². The molecular formula is C23H17N5O5. The summed E-state index contributed by atoms with van der Waals surface area (Å²) < 4.78 is 11.0. The number of fused-ring (bicyclic) bond motifs is 1. The van der Waals surface area contributed by atoms with Crippen LogP contribution in [0.3, 0.4) is 0 Å². The first-order valence-corrected chi connectivity index (χ1v) is 9.76. The molecule has 0 atom stereocenters. The number of ether oxygens (including phenoxy) is 1. The van der Waals surface area contributed by atoms with Gasteiger partial charge in [-0.25, -0.2) is 4.79 Å². The molecule has 0 saturated carbocycles. The minimum atomic E-state index is -0.862. The zero-order valence-electron chi connectivity index (χ0n) is 17.4. The maximum absolute atomic E-state index is 13.2. The van der Waals surface area contributed by atoms with Crippen molar-refractivity contribution in [2.45, 2.75) is 12.8 Å². The Labute approximate surface area is 186 Å². The van der Waals surface area contributed by atoms with Crippen LogP contribution in [-0.2, 0) is 0 Å². The van der Waals surface area contributed by atoms with E-state index in [4.69, 9.17) is 14.9 Å². The quantitative estimate of drug-likeness (QED) is 0.518. The highest BCUT2D eigenvalue weighted by Gasteiger charge is 2.24. The number of rotatable bonds is 4. The van der Waals surface area contributed by atoms with E-state index >= 15 is 0 Å². The normalized spacial score (nSPS) is 12.2. The molecule has 1 aliphatic rings. The van der Waals surface area contributed by atoms with Gasteiger partial charge in [-0.1, -0.05) is 12.1 Å². The number of nitriles is 2. The second-order valence-corrected chi connectivity index (χ2v) is 7.13. The molecule has 4 rings (SSSR count). The van der Waals surface area contributed by atoms with E-state index in [9.17, 15) is 25.2 Å². The van der Waals surface area contributed by atoms with Crippen molar-refractivity contribution >= 4 is 17.5 Å². The van der Waals surface area contributed by atoms with Crippen LogP contribution in [0.15, 0.2) is 44.3 Å². The lowest BCUT2D eigenvalue weighted by Gasteiger charge is -2.19. The van der Waals surface area contributed by atoms with Crippen LogP contribution >= 0.6 is 0 Å². The van der Waals surface area contributed by atoms with Gasteiger partial charge in [0.25, 0.3) is 5.56 Å². The van der Waals surface area contributed by atoms with E-state index in [1.165, 1.54) is 7.11 Å². The summed E-state index contributed by atoms with van der Waals surface area (Å²) in [6, 6.07) is 11.2. The molecule has 0 amide bonds. The van der Waals surface area contributed by atoms with Crippen molar-refractivity contribution in [3.8, 4) is 34.9 Å². The molecule has 0 radical (unpaired) electrons. The molecule has 4 N–H and O–H groups in total. The number of hydrogen-bond donors (Lipinski definition) is 3. The van der Waals surface area contributed by atoms with Crippen LogP contribution in [0.4, 0.5) is 5.69 Å². The van der Waals surface area contributed by atoms with Crippen LogP contribution in [0.5, 0.6) is 11.6 Å². The van der Waals surface area contributed by atoms with Gasteiger partial charge in [-0.15, -0.1) is 0 Å². The molecule has 0 aliphatic heterocycles. The monoisotopic (exact) mass is 443 g/mol. The predicted octanol–water partition coefficient (Wildman–Crippen LogP) is 0.434. The molecule has 0 unspecified atom stereocenters. The molecule has 10 heteroatoms. The number of nitrogens with zero attached hydrogens (tertiary/aromatic N) is 3. The number of nitrogens with one attached hydrogen (secondary N) is 1. The van der Waals surface area contributed by atoms with E-state index in [0.29, 0.717) is 35.1 Å². The van der Waals surface area contributed by atoms with Crippen LogP contribution in [0.1, 0.15) is 24.0 Å². The maximum Gasteiger partial charge on any atom is 0.338 e. The van der Waals surface area contributed by atoms with Gasteiger partial charge in [0.15, 0.2) is 0 Å². The van der Waals surface area contributed by atoms with Gasteiger partial charge in [-0.3, -0.25) is 10.2 Å². The first-order valence-electron chi connectivity index (χ1n) is 9.76. The summed E-state index contributed by atoms with van der Waals surface area (Å²) in [4.78, 5) is 24.8. The molecule has 10 nitrogen and oxygen atoms in total. The Balaban J connectivity index is 1.98. The fourth-order valence-corrected chi connectivity index (χ4v) is 3.74. The number of aromatic hydroxyl groups is 1. The summed E-state index contributed by atoms with van der Waals surface area (Å²) >= 11 is 0. The van der Waals surface area contributed by atoms with Crippen LogP contribution in [0, 0.1) is 22.7 Å². The van der Waals surface area contributed by atoms with Gasteiger partial charge in [0.2, 0.25) is 5.88 Å². The summed E-state index contributed by atoms with van der Waals surface area (Å²) in [6.45, 7) is 0. The lowest BCUT2D eigenvalue weighted by atomic mass is 9.97. The van der Waals surface area contributed by atoms with Gasteiger partial charge >= 0.3 is 5.63 Å². The van der Waals surface area contributed by atoms with E-state index < -0.39 is 17.1 Å². The molecule has 0 spiro atoms. The highest BCUT2D eigenvalue weighted by atomic mass is 16.5. The minimum Gasteiger partial charge on any atom is -0.497 e.